The molecule has 4 rings (SSSR count). The van der Waals surface area contributed by atoms with Gasteiger partial charge in [0.25, 0.3) is 5.91 Å². The number of para-hydroxylation sites is 2. The number of carbonyl (C=O) groups is 1. The molecular formula is C21H19ClN4O2. The van der Waals surface area contributed by atoms with E-state index in [4.69, 9.17) is 16.4 Å². The second-order valence-electron chi connectivity index (χ2n) is 6.47. The van der Waals surface area contributed by atoms with Gasteiger partial charge in [-0.05, 0) is 37.1 Å². The van der Waals surface area contributed by atoms with E-state index >= 15 is 0 Å². The van der Waals surface area contributed by atoms with Gasteiger partial charge in [0, 0.05) is 12.2 Å². The van der Waals surface area contributed by atoms with Crippen LogP contribution in [0.15, 0.2) is 59.8 Å². The highest BCUT2D eigenvalue weighted by molar-refractivity contribution is 6.32. The van der Waals surface area contributed by atoms with Gasteiger partial charge in [0.15, 0.2) is 6.61 Å². The summed E-state index contributed by atoms with van der Waals surface area (Å²) >= 11 is 6.44. The lowest BCUT2D eigenvalue weighted by Crippen LogP contribution is -2.31. The number of carbonyl (C=O) groups excluding carboxylic acids is 1. The van der Waals surface area contributed by atoms with E-state index in [0.717, 1.165) is 23.5 Å². The van der Waals surface area contributed by atoms with Crippen molar-refractivity contribution in [1.82, 2.24) is 9.78 Å². The Morgan fingerprint density at radius 1 is 1.21 bits per heavy atom. The molecule has 1 aliphatic rings. The van der Waals surface area contributed by atoms with Crippen molar-refractivity contribution in [2.45, 2.75) is 13.3 Å². The molecule has 0 fully saturated rings. The van der Waals surface area contributed by atoms with E-state index in [0.29, 0.717) is 17.3 Å². The Bertz CT molecular complexity index is 1030. The van der Waals surface area contributed by atoms with Crippen molar-refractivity contribution in [1.29, 1.82) is 0 Å². The lowest BCUT2D eigenvalue weighted by Gasteiger charge is -2.16. The molecular weight excluding hydrogens is 376 g/mol. The minimum atomic E-state index is -0.131. The Kier molecular flexibility index (Phi) is 5.12. The maximum Gasteiger partial charge on any atom is 0.267 e. The van der Waals surface area contributed by atoms with Crippen LogP contribution in [0.2, 0.25) is 5.15 Å². The van der Waals surface area contributed by atoms with E-state index in [1.165, 1.54) is 11.8 Å². The number of aryl methyl sites for hydroxylation is 1. The normalized spacial score (nSPS) is 13.1. The Hall–Kier alpha value is -3.12. The van der Waals surface area contributed by atoms with Gasteiger partial charge in [0.1, 0.15) is 5.15 Å². The Morgan fingerprint density at radius 3 is 2.79 bits per heavy atom. The van der Waals surface area contributed by atoms with E-state index in [2.05, 4.69) is 10.3 Å². The molecule has 6 nitrogen and oxygen atoms in total. The highest BCUT2D eigenvalue weighted by Gasteiger charge is 2.24. The SMILES string of the molecule is Cc1nn(-c2ccccc2)c(Cl)c1/C=N/OCC(=O)N1CCc2ccccc21. The zero-order chi connectivity index (χ0) is 19.5. The van der Waals surface area contributed by atoms with Gasteiger partial charge in [0.05, 0.1) is 23.2 Å². The van der Waals surface area contributed by atoms with Crippen LogP contribution in [-0.4, -0.2) is 35.1 Å². The van der Waals surface area contributed by atoms with Crippen LogP contribution in [0.25, 0.3) is 5.69 Å². The predicted molar refractivity (Wildman–Crippen MR) is 109 cm³/mol. The number of anilines is 1. The molecule has 0 saturated heterocycles. The van der Waals surface area contributed by atoms with Gasteiger partial charge in [-0.15, -0.1) is 0 Å². The first-order valence-electron chi connectivity index (χ1n) is 8.99. The second-order valence-corrected chi connectivity index (χ2v) is 6.83. The van der Waals surface area contributed by atoms with E-state index in [-0.39, 0.29) is 12.5 Å². The molecule has 142 valence electrons. The fraction of sp³-hybridized carbons (Fsp3) is 0.190. The van der Waals surface area contributed by atoms with Crippen molar-refractivity contribution in [3.05, 3.63) is 76.6 Å². The van der Waals surface area contributed by atoms with Crippen LogP contribution in [0.3, 0.4) is 0 Å². The van der Waals surface area contributed by atoms with E-state index in [1.54, 1.807) is 9.58 Å². The van der Waals surface area contributed by atoms with E-state index < -0.39 is 0 Å². The number of hydrogen-bond acceptors (Lipinski definition) is 4. The maximum absolute atomic E-state index is 12.4. The number of aromatic nitrogens is 2. The standard InChI is InChI=1S/C21H19ClN4O2/c1-15-18(21(22)26(24-15)17-8-3-2-4-9-17)13-23-28-14-20(27)25-12-11-16-7-5-6-10-19(16)25/h2-10,13H,11-12,14H2,1H3/b23-13+. The quantitative estimate of drug-likeness (QED) is 0.489. The molecule has 0 unspecified atom stereocenters. The average molecular weight is 395 g/mol. The van der Waals surface area contributed by atoms with Crippen LogP contribution >= 0.6 is 11.6 Å². The summed E-state index contributed by atoms with van der Waals surface area (Å²) in [6.07, 6.45) is 2.36. The van der Waals surface area contributed by atoms with Crippen molar-refractivity contribution >= 4 is 29.4 Å². The molecule has 0 atom stereocenters. The lowest BCUT2D eigenvalue weighted by atomic mass is 10.2. The van der Waals surface area contributed by atoms with Crippen LogP contribution < -0.4 is 4.90 Å². The lowest BCUT2D eigenvalue weighted by molar-refractivity contribution is -0.122. The molecule has 0 radical (unpaired) electrons. The van der Waals surface area contributed by atoms with Gasteiger partial charge in [-0.3, -0.25) is 4.79 Å². The summed E-state index contributed by atoms with van der Waals surface area (Å²) < 4.78 is 1.64. The molecule has 2 heterocycles. The maximum atomic E-state index is 12.4. The van der Waals surface area contributed by atoms with Gasteiger partial charge in [-0.1, -0.05) is 53.2 Å². The first-order chi connectivity index (χ1) is 13.6. The van der Waals surface area contributed by atoms with Crippen LogP contribution in [0, 0.1) is 6.92 Å². The van der Waals surface area contributed by atoms with Gasteiger partial charge in [-0.25, -0.2) is 4.68 Å². The highest BCUT2D eigenvalue weighted by Crippen LogP contribution is 2.27. The molecule has 0 saturated carbocycles. The highest BCUT2D eigenvalue weighted by atomic mass is 35.5. The fourth-order valence-corrected chi connectivity index (χ4v) is 3.58. The summed E-state index contributed by atoms with van der Waals surface area (Å²) in [5, 5.41) is 8.81. The third-order valence-electron chi connectivity index (χ3n) is 4.68. The number of fused-ring (bicyclic) bond motifs is 1. The number of halogens is 1. The van der Waals surface area contributed by atoms with E-state index in [9.17, 15) is 4.79 Å². The Balaban J connectivity index is 1.41. The molecule has 1 aromatic heterocycles. The summed E-state index contributed by atoms with van der Waals surface area (Å²) in [4.78, 5) is 19.4. The van der Waals surface area contributed by atoms with Crippen LogP contribution in [-0.2, 0) is 16.1 Å². The second kappa shape index (κ2) is 7.86. The zero-order valence-electron chi connectivity index (χ0n) is 15.4. The van der Waals surface area contributed by atoms with Crippen molar-refractivity contribution in [2.24, 2.45) is 5.16 Å². The monoisotopic (exact) mass is 394 g/mol. The summed E-state index contributed by atoms with van der Waals surface area (Å²) in [5.41, 5.74) is 4.36. The number of hydrogen-bond donors (Lipinski definition) is 0. The van der Waals surface area contributed by atoms with Crippen LogP contribution in [0.4, 0.5) is 5.69 Å². The summed E-state index contributed by atoms with van der Waals surface area (Å²) in [6, 6.07) is 17.5. The third kappa shape index (κ3) is 3.51. The van der Waals surface area contributed by atoms with E-state index in [1.807, 2.05) is 61.5 Å². The minimum absolute atomic E-state index is 0.120. The number of rotatable bonds is 5. The van der Waals surface area contributed by atoms with Crippen molar-refractivity contribution < 1.29 is 9.63 Å². The summed E-state index contributed by atoms with van der Waals surface area (Å²) in [5.74, 6) is -0.120. The molecule has 7 heteroatoms. The first-order valence-corrected chi connectivity index (χ1v) is 9.37. The van der Waals surface area contributed by atoms with Gasteiger partial charge >= 0.3 is 0 Å². The van der Waals surface area contributed by atoms with Crippen molar-refractivity contribution in [3.8, 4) is 5.69 Å². The number of amides is 1. The molecule has 28 heavy (non-hydrogen) atoms. The molecule has 1 amide bonds. The molecule has 0 N–H and O–H groups in total. The predicted octanol–water partition coefficient (Wildman–Crippen LogP) is 3.77. The molecule has 0 spiro atoms. The van der Waals surface area contributed by atoms with Crippen molar-refractivity contribution in [2.75, 3.05) is 18.1 Å². The average Bonchev–Trinajstić information content (AvgIpc) is 3.27. The van der Waals surface area contributed by atoms with Crippen molar-refractivity contribution in [3.63, 3.8) is 0 Å². The third-order valence-corrected chi connectivity index (χ3v) is 5.05. The summed E-state index contributed by atoms with van der Waals surface area (Å²) in [6.45, 7) is 2.38. The Labute approximate surface area is 168 Å². The number of oxime groups is 1. The zero-order valence-corrected chi connectivity index (χ0v) is 16.1. The fourth-order valence-electron chi connectivity index (χ4n) is 3.26. The molecule has 2 aromatic carbocycles. The summed E-state index contributed by atoms with van der Waals surface area (Å²) in [7, 11) is 0. The Morgan fingerprint density at radius 2 is 1.96 bits per heavy atom. The van der Waals surface area contributed by atoms with Gasteiger partial charge < -0.3 is 9.74 Å². The topological polar surface area (TPSA) is 59.7 Å². The number of nitrogens with zero attached hydrogens (tertiary/aromatic N) is 4. The van der Waals surface area contributed by atoms with Gasteiger partial charge in [0.2, 0.25) is 0 Å². The molecule has 0 aliphatic carbocycles. The minimum Gasteiger partial charge on any atom is -0.386 e. The van der Waals surface area contributed by atoms with Gasteiger partial charge in [-0.2, -0.15) is 5.10 Å². The van der Waals surface area contributed by atoms with Crippen LogP contribution in [0.5, 0.6) is 0 Å². The molecule has 1 aliphatic heterocycles. The smallest absolute Gasteiger partial charge is 0.267 e. The first kappa shape index (κ1) is 18.3. The number of benzene rings is 2. The molecule has 0 bridgehead atoms. The largest absolute Gasteiger partial charge is 0.386 e. The van der Waals surface area contributed by atoms with Crippen LogP contribution in [0.1, 0.15) is 16.8 Å². The molecule has 3 aromatic rings.